The third-order valence-corrected chi connectivity index (χ3v) is 5.43. The topological polar surface area (TPSA) is 147 Å². The summed E-state index contributed by atoms with van der Waals surface area (Å²) in [5, 5.41) is 21.5. The zero-order chi connectivity index (χ0) is 21.5. The molecule has 0 saturated carbocycles. The molecule has 160 valence electrons. The van der Waals surface area contributed by atoms with Gasteiger partial charge in [0.15, 0.2) is 6.23 Å². The van der Waals surface area contributed by atoms with Gasteiger partial charge in [0.05, 0.1) is 12.3 Å². The van der Waals surface area contributed by atoms with Crippen molar-refractivity contribution < 1.29 is 34.0 Å². The first-order valence-electron chi connectivity index (χ1n) is 8.98. The van der Waals surface area contributed by atoms with Crippen molar-refractivity contribution in [2.24, 2.45) is 0 Å². The van der Waals surface area contributed by atoms with E-state index < -0.39 is 38.5 Å². The molecule has 3 aromatic rings. The molecule has 0 bridgehead atoms. The van der Waals surface area contributed by atoms with Gasteiger partial charge in [-0.15, -0.1) is 0 Å². The molecule has 10 nitrogen and oxygen atoms in total. The van der Waals surface area contributed by atoms with E-state index in [2.05, 4.69) is 9.97 Å². The van der Waals surface area contributed by atoms with Crippen molar-refractivity contribution in [1.29, 1.82) is 0 Å². The van der Waals surface area contributed by atoms with Gasteiger partial charge in [0, 0.05) is 17.1 Å². The van der Waals surface area contributed by atoms with E-state index in [4.69, 9.17) is 30.9 Å². The molecule has 1 fully saturated rings. The van der Waals surface area contributed by atoms with Crippen molar-refractivity contribution >= 4 is 30.2 Å². The monoisotopic (exact) mass is 455 g/mol. The molecular weight excluding hydrogens is 437 g/mol. The Hall–Kier alpha value is -1.88. The van der Waals surface area contributed by atoms with Crippen molar-refractivity contribution in [2.75, 3.05) is 13.0 Å². The van der Waals surface area contributed by atoms with E-state index in [1.165, 1.54) is 4.57 Å². The first-order chi connectivity index (χ1) is 14.2. The summed E-state index contributed by atoms with van der Waals surface area (Å²) in [7, 11) is -4.35. The molecule has 30 heavy (non-hydrogen) atoms. The zero-order valence-corrected chi connectivity index (χ0v) is 17.1. The molecule has 1 aromatic carbocycles. The Labute approximate surface area is 175 Å². The molecule has 4 N–H and O–H groups in total. The molecule has 1 aliphatic rings. The fraction of sp³-hybridized carbons (Fsp3) is 0.333. The Balaban J connectivity index is 1.63. The second-order valence-corrected chi connectivity index (χ2v) is 8.80. The van der Waals surface area contributed by atoms with E-state index >= 15 is 0 Å². The summed E-state index contributed by atoms with van der Waals surface area (Å²) in [6, 6.07) is 11.2. The number of aliphatic hydroxyl groups excluding tert-OH is 2. The van der Waals surface area contributed by atoms with Crippen molar-refractivity contribution in [3.8, 4) is 11.3 Å². The number of halogens is 1. The Kier molecular flexibility index (Phi) is 5.93. The lowest BCUT2D eigenvalue weighted by molar-refractivity contribution is -0.0610. The summed E-state index contributed by atoms with van der Waals surface area (Å²) in [6.45, 7) is -0.302. The number of aromatic nitrogens is 3. The predicted octanol–water partition coefficient (Wildman–Crippen LogP) is 1.52. The summed E-state index contributed by atoms with van der Waals surface area (Å²) in [5.74, 6) is 0. The Morgan fingerprint density at radius 3 is 2.57 bits per heavy atom. The SMILES string of the molecule is O=P(O)(O)COC[C@H]1O[C@@H](n2ccc3c(-c4ccccc4)nc(Cl)nc32)[C@H](O)[C@@H]1O. The van der Waals surface area contributed by atoms with Crippen molar-refractivity contribution in [3.63, 3.8) is 0 Å². The van der Waals surface area contributed by atoms with Crippen LogP contribution in [-0.2, 0) is 14.0 Å². The Morgan fingerprint density at radius 2 is 1.87 bits per heavy atom. The quantitative estimate of drug-likeness (QED) is 0.321. The third kappa shape index (κ3) is 4.27. The van der Waals surface area contributed by atoms with Crippen LogP contribution in [0.5, 0.6) is 0 Å². The lowest BCUT2D eigenvalue weighted by Crippen LogP contribution is -2.33. The average molecular weight is 456 g/mol. The van der Waals surface area contributed by atoms with E-state index in [0.717, 1.165) is 5.56 Å². The highest BCUT2D eigenvalue weighted by Gasteiger charge is 2.44. The largest absolute Gasteiger partial charge is 0.387 e. The third-order valence-electron chi connectivity index (χ3n) is 4.74. The highest BCUT2D eigenvalue weighted by molar-refractivity contribution is 7.51. The molecule has 1 aliphatic heterocycles. The number of hydrogen-bond acceptors (Lipinski definition) is 7. The van der Waals surface area contributed by atoms with Gasteiger partial charge in [0.1, 0.15) is 30.3 Å². The van der Waals surface area contributed by atoms with Crippen LogP contribution in [-0.4, -0.2) is 65.8 Å². The van der Waals surface area contributed by atoms with Gasteiger partial charge in [-0.25, -0.2) is 4.98 Å². The minimum Gasteiger partial charge on any atom is -0.387 e. The number of ether oxygens (including phenoxy) is 2. The Morgan fingerprint density at radius 1 is 1.13 bits per heavy atom. The smallest absolute Gasteiger partial charge is 0.350 e. The molecule has 0 spiro atoms. The van der Waals surface area contributed by atoms with Gasteiger partial charge in [-0.2, -0.15) is 4.98 Å². The fourth-order valence-corrected chi connectivity index (χ4v) is 3.92. The number of aliphatic hydroxyl groups is 2. The lowest BCUT2D eigenvalue weighted by atomic mass is 10.1. The molecule has 0 radical (unpaired) electrons. The minimum absolute atomic E-state index is 0.0101. The number of fused-ring (bicyclic) bond motifs is 1. The minimum atomic E-state index is -4.35. The highest BCUT2D eigenvalue weighted by atomic mass is 35.5. The molecule has 2 aromatic heterocycles. The van der Waals surface area contributed by atoms with E-state index in [-0.39, 0.29) is 11.9 Å². The molecule has 12 heteroatoms. The van der Waals surface area contributed by atoms with Crippen molar-refractivity contribution in [1.82, 2.24) is 14.5 Å². The first-order valence-corrected chi connectivity index (χ1v) is 11.2. The molecule has 4 atom stereocenters. The van der Waals surface area contributed by atoms with Gasteiger partial charge in [-0.3, -0.25) is 4.57 Å². The molecule has 1 saturated heterocycles. The maximum atomic E-state index is 10.9. The summed E-state index contributed by atoms with van der Waals surface area (Å²) >= 11 is 6.13. The van der Waals surface area contributed by atoms with Gasteiger partial charge in [-0.1, -0.05) is 30.3 Å². The second-order valence-electron chi connectivity index (χ2n) is 6.88. The van der Waals surface area contributed by atoms with Crippen molar-refractivity contribution in [3.05, 3.63) is 47.9 Å². The Bertz CT molecular complexity index is 1090. The zero-order valence-electron chi connectivity index (χ0n) is 15.4. The van der Waals surface area contributed by atoms with Crippen LogP contribution in [0.15, 0.2) is 42.6 Å². The summed E-state index contributed by atoms with van der Waals surface area (Å²) in [5.41, 5.74) is 1.85. The number of hydrogen-bond donors (Lipinski definition) is 4. The summed E-state index contributed by atoms with van der Waals surface area (Å²) in [4.78, 5) is 26.3. The first kappa shape index (κ1) is 21.4. The number of rotatable bonds is 6. The van der Waals surface area contributed by atoms with E-state index in [9.17, 15) is 14.8 Å². The molecule has 0 unspecified atom stereocenters. The van der Waals surface area contributed by atoms with Crippen LogP contribution in [0.1, 0.15) is 6.23 Å². The van der Waals surface area contributed by atoms with E-state index in [1.54, 1.807) is 12.3 Å². The van der Waals surface area contributed by atoms with Gasteiger partial charge in [0.25, 0.3) is 0 Å². The summed E-state index contributed by atoms with van der Waals surface area (Å²) in [6.07, 6.45) is -3.80. The van der Waals surface area contributed by atoms with E-state index in [0.29, 0.717) is 16.7 Å². The number of benzene rings is 1. The maximum absolute atomic E-state index is 10.9. The van der Waals surface area contributed by atoms with Crippen LogP contribution in [0.3, 0.4) is 0 Å². The molecule has 4 rings (SSSR count). The maximum Gasteiger partial charge on any atom is 0.350 e. The van der Waals surface area contributed by atoms with Gasteiger partial charge in [0.2, 0.25) is 5.28 Å². The van der Waals surface area contributed by atoms with Crippen LogP contribution in [0.2, 0.25) is 5.28 Å². The van der Waals surface area contributed by atoms with Crippen LogP contribution >= 0.6 is 19.2 Å². The average Bonchev–Trinajstić information content (AvgIpc) is 3.23. The summed E-state index contributed by atoms with van der Waals surface area (Å²) < 4.78 is 23.1. The van der Waals surface area contributed by atoms with E-state index in [1.807, 2.05) is 30.3 Å². The normalized spacial score (nSPS) is 24.6. The molecular formula is C18H19ClN3O7P. The number of nitrogens with zero attached hydrogens (tertiary/aromatic N) is 3. The predicted molar refractivity (Wildman–Crippen MR) is 107 cm³/mol. The van der Waals surface area contributed by atoms with Gasteiger partial charge in [-0.05, 0) is 17.7 Å². The fourth-order valence-electron chi connectivity index (χ4n) is 3.41. The van der Waals surface area contributed by atoms with Crippen molar-refractivity contribution in [2.45, 2.75) is 24.5 Å². The van der Waals surface area contributed by atoms with Gasteiger partial charge < -0.3 is 34.0 Å². The van der Waals surface area contributed by atoms with Crippen LogP contribution < -0.4 is 0 Å². The highest BCUT2D eigenvalue weighted by Crippen LogP contribution is 2.37. The van der Waals surface area contributed by atoms with Crippen LogP contribution in [0, 0.1) is 0 Å². The van der Waals surface area contributed by atoms with Crippen LogP contribution in [0.4, 0.5) is 0 Å². The second kappa shape index (κ2) is 8.33. The lowest BCUT2D eigenvalue weighted by Gasteiger charge is -2.17. The molecule has 0 aliphatic carbocycles. The van der Waals surface area contributed by atoms with Gasteiger partial charge >= 0.3 is 7.60 Å². The van der Waals surface area contributed by atoms with Crippen LogP contribution in [0.25, 0.3) is 22.3 Å². The standard InChI is InChI=1S/C18H19ClN3O7P/c19-18-20-13(10-4-2-1-3-5-10)11-6-7-22(16(11)21-18)17-15(24)14(23)12(29-17)8-28-9-30(25,26)27/h1-7,12,14-15,17,23-24H,8-9H2,(H2,25,26,27)/t12-,14-,15-,17-/m1/s1. The molecule has 3 heterocycles. The molecule has 0 amide bonds.